The maximum Gasteiger partial charge on any atom is 0.232 e. The van der Waals surface area contributed by atoms with Gasteiger partial charge in [-0.1, -0.05) is 79.3 Å². The van der Waals surface area contributed by atoms with Gasteiger partial charge in [-0.2, -0.15) is 0 Å². The molecule has 3 aliphatic carbocycles. The molecule has 3 saturated carbocycles. The third-order valence-electron chi connectivity index (χ3n) is 6.52. The lowest BCUT2D eigenvalue weighted by Crippen LogP contribution is -2.71. The lowest BCUT2D eigenvalue weighted by Gasteiger charge is -2.66. The Morgan fingerprint density at radius 1 is 1.26 bits per heavy atom. The smallest absolute Gasteiger partial charge is 0.232 e. The summed E-state index contributed by atoms with van der Waals surface area (Å²) in [5.41, 5.74) is 2.87. The summed E-state index contributed by atoms with van der Waals surface area (Å²) in [4.78, 5) is 13.4. The summed E-state index contributed by atoms with van der Waals surface area (Å²) < 4.78 is 0.200. The maximum absolute atomic E-state index is 13.2. The Balaban J connectivity index is 1.92. The van der Waals surface area contributed by atoms with E-state index in [2.05, 4.69) is 79.9 Å². The van der Waals surface area contributed by atoms with Gasteiger partial charge in [0.2, 0.25) is 5.91 Å². The van der Waals surface area contributed by atoms with E-state index in [1.807, 2.05) is 19.1 Å². The Kier molecular flexibility index (Phi) is 4.34. The number of anilines is 1. The first-order chi connectivity index (χ1) is 10.6. The maximum atomic E-state index is 13.2. The number of rotatable bonds is 3. The van der Waals surface area contributed by atoms with Crippen molar-refractivity contribution in [2.45, 2.75) is 49.1 Å². The van der Waals surface area contributed by atoms with Gasteiger partial charge >= 0.3 is 0 Å². The molecule has 0 heterocycles. The Hall–Kier alpha value is 0.130. The molecule has 4 rings (SSSR count). The van der Waals surface area contributed by atoms with Crippen LogP contribution in [0.2, 0.25) is 0 Å². The lowest BCUT2D eigenvalue weighted by atomic mass is 9.43. The van der Waals surface area contributed by atoms with Crippen LogP contribution in [0.3, 0.4) is 0 Å². The molecule has 0 radical (unpaired) electrons. The van der Waals surface area contributed by atoms with Crippen molar-refractivity contribution in [1.82, 2.24) is 0 Å². The number of carbonyl (C=O) groups is 1. The zero-order valence-corrected chi connectivity index (χ0v) is 18.6. The van der Waals surface area contributed by atoms with Crippen LogP contribution >= 0.6 is 47.8 Å². The fraction of sp³-hybridized carbons (Fsp3) is 0.611. The minimum Gasteiger partial charge on any atom is -0.325 e. The minimum atomic E-state index is -0.357. The molecule has 3 aliphatic rings. The summed E-state index contributed by atoms with van der Waals surface area (Å²) in [7, 11) is 0. The highest BCUT2D eigenvalue weighted by atomic mass is 79.9. The molecule has 0 aliphatic heterocycles. The SMILES string of the molecule is Cc1ccc(NC(=O)[C@@]23CC[C@@](C(Br)Br)([C@H]2Br)C3(C)C)c(C)c1. The van der Waals surface area contributed by atoms with E-state index in [0.29, 0.717) is 0 Å². The molecule has 3 fully saturated rings. The summed E-state index contributed by atoms with van der Waals surface area (Å²) in [5, 5.41) is 3.20. The average Bonchev–Trinajstić information content (AvgIpc) is 2.91. The summed E-state index contributed by atoms with van der Waals surface area (Å²) in [6, 6.07) is 6.16. The van der Waals surface area contributed by atoms with Crippen molar-refractivity contribution in [3.05, 3.63) is 29.3 Å². The van der Waals surface area contributed by atoms with Crippen molar-refractivity contribution in [2.24, 2.45) is 16.2 Å². The van der Waals surface area contributed by atoms with Crippen molar-refractivity contribution in [1.29, 1.82) is 0 Å². The van der Waals surface area contributed by atoms with Gasteiger partial charge in [-0.05, 0) is 43.7 Å². The van der Waals surface area contributed by atoms with E-state index in [4.69, 9.17) is 0 Å². The number of fused-ring (bicyclic) bond motifs is 1. The van der Waals surface area contributed by atoms with Gasteiger partial charge < -0.3 is 5.32 Å². The standard InChI is InChI=1S/C18H22Br3NO/c1-10-5-6-12(11(2)9-10)22-15(23)18-8-7-17(13(18)19,14(20)21)16(18,3)4/h5-6,9,13-14H,7-8H2,1-4H3,(H,22,23)/t13-,17+,18-/m1/s1. The van der Waals surface area contributed by atoms with Crippen LogP contribution in [0.1, 0.15) is 37.8 Å². The van der Waals surface area contributed by atoms with Crippen LogP contribution in [-0.2, 0) is 4.79 Å². The van der Waals surface area contributed by atoms with Crippen LogP contribution in [-0.4, -0.2) is 14.5 Å². The fourth-order valence-corrected chi connectivity index (χ4v) is 9.80. The first kappa shape index (κ1) is 17.9. The average molecular weight is 508 g/mol. The molecule has 0 saturated heterocycles. The number of nitrogens with one attached hydrogen (secondary N) is 1. The summed E-state index contributed by atoms with van der Waals surface area (Å²) in [6.07, 6.45) is 1.96. The van der Waals surface area contributed by atoms with Gasteiger partial charge in [-0.25, -0.2) is 0 Å². The Bertz CT molecular complexity index is 672. The van der Waals surface area contributed by atoms with E-state index < -0.39 is 0 Å². The van der Waals surface area contributed by atoms with E-state index in [1.54, 1.807) is 0 Å². The van der Waals surface area contributed by atoms with Crippen molar-refractivity contribution in [2.75, 3.05) is 5.32 Å². The quantitative estimate of drug-likeness (QED) is 0.505. The second-order valence-corrected chi connectivity index (χ2v) is 11.5. The molecule has 2 bridgehead atoms. The number of amides is 1. The second kappa shape index (κ2) is 5.57. The molecule has 23 heavy (non-hydrogen) atoms. The number of carbonyl (C=O) groups excluding carboxylic acids is 1. The minimum absolute atomic E-state index is 0.0622. The highest BCUT2D eigenvalue weighted by molar-refractivity contribution is 9.24. The van der Waals surface area contributed by atoms with E-state index >= 15 is 0 Å². The monoisotopic (exact) mass is 505 g/mol. The summed E-state index contributed by atoms with van der Waals surface area (Å²) in [6.45, 7) is 8.58. The van der Waals surface area contributed by atoms with Crippen molar-refractivity contribution in [3.8, 4) is 0 Å². The second-order valence-electron chi connectivity index (χ2n) is 7.57. The lowest BCUT2D eigenvalue weighted by molar-refractivity contribution is -0.155. The summed E-state index contributed by atoms with van der Waals surface area (Å²) >= 11 is 11.3. The number of alkyl halides is 3. The Morgan fingerprint density at radius 3 is 2.39 bits per heavy atom. The molecule has 5 heteroatoms. The number of halogens is 3. The summed E-state index contributed by atoms with van der Waals surface area (Å²) in [5.74, 6) is 0.144. The largest absolute Gasteiger partial charge is 0.325 e. The molecular weight excluding hydrogens is 486 g/mol. The molecule has 0 aromatic heterocycles. The van der Waals surface area contributed by atoms with Crippen LogP contribution in [0.5, 0.6) is 0 Å². The molecule has 1 amide bonds. The number of hydrogen-bond acceptors (Lipinski definition) is 1. The highest BCUT2D eigenvalue weighted by Crippen LogP contribution is 2.82. The zero-order valence-electron chi connectivity index (χ0n) is 13.8. The number of benzene rings is 1. The van der Waals surface area contributed by atoms with Gasteiger partial charge in [-0.3, -0.25) is 4.79 Å². The predicted molar refractivity (Wildman–Crippen MR) is 107 cm³/mol. The molecule has 1 aromatic rings. The molecule has 1 aromatic carbocycles. The van der Waals surface area contributed by atoms with E-state index in [-0.39, 0.29) is 30.7 Å². The molecule has 0 unspecified atom stereocenters. The van der Waals surface area contributed by atoms with Gasteiger partial charge in [0.25, 0.3) is 0 Å². The van der Waals surface area contributed by atoms with Gasteiger partial charge in [-0.15, -0.1) is 0 Å². The normalized spacial score (nSPS) is 34.3. The molecule has 3 atom stereocenters. The van der Waals surface area contributed by atoms with Gasteiger partial charge in [0, 0.05) is 15.9 Å². The Morgan fingerprint density at radius 2 is 1.91 bits per heavy atom. The first-order valence-electron chi connectivity index (χ1n) is 7.92. The highest BCUT2D eigenvalue weighted by Gasteiger charge is 2.83. The van der Waals surface area contributed by atoms with Crippen molar-refractivity contribution >= 4 is 59.4 Å². The van der Waals surface area contributed by atoms with Crippen LogP contribution < -0.4 is 5.32 Å². The van der Waals surface area contributed by atoms with Crippen LogP contribution in [0.4, 0.5) is 5.69 Å². The van der Waals surface area contributed by atoms with Crippen molar-refractivity contribution < 1.29 is 4.79 Å². The van der Waals surface area contributed by atoms with Crippen LogP contribution in [0, 0.1) is 30.1 Å². The number of hydrogen-bond donors (Lipinski definition) is 1. The zero-order chi connectivity index (χ0) is 17.2. The topological polar surface area (TPSA) is 29.1 Å². The van der Waals surface area contributed by atoms with Gasteiger partial charge in [0.15, 0.2) is 0 Å². The Labute approximate surface area is 163 Å². The van der Waals surface area contributed by atoms with Crippen LogP contribution in [0.25, 0.3) is 0 Å². The van der Waals surface area contributed by atoms with Gasteiger partial charge in [0.1, 0.15) is 0 Å². The first-order valence-corrected chi connectivity index (χ1v) is 10.7. The fourth-order valence-electron chi connectivity index (χ4n) is 4.89. The predicted octanol–water partition coefficient (Wildman–Crippen LogP) is 5.93. The van der Waals surface area contributed by atoms with E-state index in [0.717, 1.165) is 24.1 Å². The molecule has 2 nitrogen and oxygen atoms in total. The van der Waals surface area contributed by atoms with E-state index in [1.165, 1.54) is 5.56 Å². The van der Waals surface area contributed by atoms with Gasteiger partial charge in [0.05, 0.1) is 9.15 Å². The third-order valence-corrected chi connectivity index (χ3v) is 9.75. The van der Waals surface area contributed by atoms with Crippen molar-refractivity contribution in [3.63, 3.8) is 0 Å². The molecule has 0 spiro atoms. The van der Waals surface area contributed by atoms with Crippen LogP contribution in [0.15, 0.2) is 18.2 Å². The molecule has 126 valence electrons. The third kappa shape index (κ3) is 2.05. The number of aryl methyl sites for hydroxylation is 2. The molecule has 1 N–H and O–H groups in total. The van der Waals surface area contributed by atoms with E-state index in [9.17, 15) is 4.79 Å². The molecular formula is C18H22Br3NO.